The molecular weight excluding hydrogens is 146 g/mol. The Hall–Kier alpha value is -1.11. The van der Waals surface area contributed by atoms with Crippen LogP contribution in [-0.2, 0) is 5.41 Å². The van der Waals surface area contributed by atoms with E-state index in [1.807, 2.05) is 6.07 Å². The molecular formula is C11H15N. The average Bonchev–Trinajstić information content (AvgIpc) is 2.03. The first-order chi connectivity index (χ1) is 5.55. The molecule has 1 aromatic heterocycles. The summed E-state index contributed by atoms with van der Waals surface area (Å²) in [5.74, 6) is 0. The van der Waals surface area contributed by atoms with Crippen LogP contribution in [-0.4, -0.2) is 4.98 Å². The predicted octanol–water partition coefficient (Wildman–Crippen LogP) is 3.02. The van der Waals surface area contributed by atoms with Crippen molar-refractivity contribution in [1.29, 1.82) is 0 Å². The Morgan fingerprint density at radius 3 is 2.50 bits per heavy atom. The molecule has 64 valence electrons. The second-order valence-corrected chi connectivity index (χ2v) is 3.89. The Balaban J connectivity index is 3.23. The van der Waals surface area contributed by atoms with Crippen LogP contribution >= 0.6 is 0 Å². The summed E-state index contributed by atoms with van der Waals surface area (Å²) in [6.07, 6.45) is 3.60. The van der Waals surface area contributed by atoms with E-state index in [4.69, 9.17) is 0 Å². The van der Waals surface area contributed by atoms with Crippen LogP contribution in [0.4, 0.5) is 0 Å². The lowest BCUT2D eigenvalue weighted by Crippen LogP contribution is -2.13. The zero-order valence-electron chi connectivity index (χ0n) is 7.96. The van der Waals surface area contributed by atoms with E-state index in [9.17, 15) is 0 Å². The summed E-state index contributed by atoms with van der Waals surface area (Å²) in [5.41, 5.74) is 2.39. The Morgan fingerprint density at radius 1 is 1.42 bits per heavy atom. The van der Waals surface area contributed by atoms with Gasteiger partial charge in [-0.1, -0.05) is 33.4 Å². The highest BCUT2D eigenvalue weighted by Crippen LogP contribution is 2.24. The molecule has 1 rings (SSSR count). The van der Waals surface area contributed by atoms with Gasteiger partial charge < -0.3 is 0 Å². The second kappa shape index (κ2) is 3.10. The molecule has 0 atom stereocenters. The second-order valence-electron chi connectivity index (χ2n) is 3.89. The molecule has 0 spiro atoms. The molecule has 1 heteroatoms. The summed E-state index contributed by atoms with van der Waals surface area (Å²) >= 11 is 0. The van der Waals surface area contributed by atoms with Crippen LogP contribution in [0.2, 0.25) is 0 Å². The molecule has 0 unspecified atom stereocenters. The van der Waals surface area contributed by atoms with Crippen LogP contribution in [0, 0.1) is 0 Å². The summed E-state index contributed by atoms with van der Waals surface area (Å²) in [7, 11) is 0. The van der Waals surface area contributed by atoms with E-state index in [1.54, 1.807) is 12.3 Å². The Bertz CT molecular complexity index is 281. The molecule has 0 N–H and O–H groups in total. The van der Waals surface area contributed by atoms with E-state index in [2.05, 4.69) is 38.4 Å². The standard InChI is InChI=1S/C11H15N/c1-5-10-9(11(2,3)4)7-6-8-12-10/h5-8H,1H2,2-4H3. The van der Waals surface area contributed by atoms with Crippen molar-refractivity contribution in [3.8, 4) is 0 Å². The number of hydrogen-bond acceptors (Lipinski definition) is 1. The fourth-order valence-corrected chi connectivity index (χ4v) is 1.21. The number of pyridine rings is 1. The first kappa shape index (κ1) is 8.98. The largest absolute Gasteiger partial charge is 0.257 e. The molecule has 0 aliphatic heterocycles. The monoisotopic (exact) mass is 161 g/mol. The highest BCUT2D eigenvalue weighted by molar-refractivity contribution is 5.48. The van der Waals surface area contributed by atoms with Crippen molar-refractivity contribution in [3.05, 3.63) is 36.2 Å². The molecule has 0 radical (unpaired) electrons. The van der Waals surface area contributed by atoms with Gasteiger partial charge in [0.15, 0.2) is 0 Å². The van der Waals surface area contributed by atoms with Crippen molar-refractivity contribution in [2.24, 2.45) is 0 Å². The predicted molar refractivity (Wildman–Crippen MR) is 53.0 cm³/mol. The van der Waals surface area contributed by atoms with Gasteiger partial charge >= 0.3 is 0 Å². The van der Waals surface area contributed by atoms with Crippen LogP contribution in [0.1, 0.15) is 32.0 Å². The zero-order chi connectivity index (χ0) is 9.19. The Kier molecular flexibility index (Phi) is 2.32. The molecule has 1 heterocycles. The smallest absolute Gasteiger partial charge is 0.0661 e. The van der Waals surface area contributed by atoms with Gasteiger partial charge in [0.25, 0.3) is 0 Å². The van der Waals surface area contributed by atoms with Crippen LogP contribution in [0.5, 0.6) is 0 Å². The average molecular weight is 161 g/mol. The van der Waals surface area contributed by atoms with Crippen molar-refractivity contribution in [1.82, 2.24) is 4.98 Å². The van der Waals surface area contributed by atoms with Crippen molar-refractivity contribution >= 4 is 6.08 Å². The third-order valence-corrected chi connectivity index (χ3v) is 1.84. The van der Waals surface area contributed by atoms with Gasteiger partial charge in [-0.15, -0.1) is 0 Å². The molecule has 0 aliphatic carbocycles. The van der Waals surface area contributed by atoms with Crippen molar-refractivity contribution in [3.63, 3.8) is 0 Å². The van der Waals surface area contributed by atoms with E-state index in [-0.39, 0.29) is 5.41 Å². The quantitative estimate of drug-likeness (QED) is 0.617. The molecule has 0 amide bonds. The van der Waals surface area contributed by atoms with Gasteiger partial charge in [-0.05, 0) is 23.1 Å². The minimum atomic E-state index is 0.151. The van der Waals surface area contributed by atoms with Crippen LogP contribution in [0.25, 0.3) is 6.08 Å². The van der Waals surface area contributed by atoms with Crippen LogP contribution < -0.4 is 0 Å². The number of hydrogen-bond donors (Lipinski definition) is 0. The van der Waals surface area contributed by atoms with Crippen molar-refractivity contribution < 1.29 is 0 Å². The fourth-order valence-electron chi connectivity index (χ4n) is 1.21. The van der Waals surface area contributed by atoms with Gasteiger partial charge in [0.05, 0.1) is 5.69 Å². The third kappa shape index (κ3) is 1.73. The molecule has 12 heavy (non-hydrogen) atoms. The lowest BCUT2D eigenvalue weighted by atomic mass is 9.86. The SMILES string of the molecule is C=Cc1ncccc1C(C)(C)C. The third-order valence-electron chi connectivity index (χ3n) is 1.84. The first-order valence-corrected chi connectivity index (χ1v) is 4.13. The minimum Gasteiger partial charge on any atom is -0.257 e. The van der Waals surface area contributed by atoms with Gasteiger partial charge in [0.2, 0.25) is 0 Å². The summed E-state index contributed by atoms with van der Waals surface area (Å²) in [6.45, 7) is 10.3. The first-order valence-electron chi connectivity index (χ1n) is 4.13. The van der Waals surface area contributed by atoms with Gasteiger partial charge in [-0.25, -0.2) is 0 Å². The van der Waals surface area contributed by atoms with Crippen LogP contribution in [0.15, 0.2) is 24.9 Å². The lowest BCUT2D eigenvalue weighted by Gasteiger charge is -2.20. The van der Waals surface area contributed by atoms with Gasteiger partial charge in [0.1, 0.15) is 0 Å². The number of nitrogens with zero attached hydrogens (tertiary/aromatic N) is 1. The van der Waals surface area contributed by atoms with E-state index in [0.717, 1.165) is 5.69 Å². The van der Waals surface area contributed by atoms with Gasteiger partial charge in [-0.3, -0.25) is 4.98 Å². The van der Waals surface area contributed by atoms with Gasteiger partial charge in [-0.2, -0.15) is 0 Å². The summed E-state index contributed by atoms with van der Waals surface area (Å²) in [4.78, 5) is 4.25. The molecule has 1 aromatic rings. The molecule has 0 bridgehead atoms. The van der Waals surface area contributed by atoms with Crippen molar-refractivity contribution in [2.75, 3.05) is 0 Å². The molecule has 0 aliphatic rings. The maximum atomic E-state index is 4.25. The Morgan fingerprint density at radius 2 is 2.08 bits per heavy atom. The summed E-state index contributed by atoms with van der Waals surface area (Å²) in [6, 6.07) is 4.07. The number of rotatable bonds is 1. The summed E-state index contributed by atoms with van der Waals surface area (Å²) < 4.78 is 0. The minimum absolute atomic E-state index is 0.151. The highest BCUT2D eigenvalue weighted by Gasteiger charge is 2.16. The van der Waals surface area contributed by atoms with Gasteiger partial charge in [0, 0.05) is 6.20 Å². The zero-order valence-corrected chi connectivity index (χ0v) is 7.96. The molecule has 0 saturated carbocycles. The molecule has 0 aromatic carbocycles. The molecule has 1 nitrogen and oxygen atoms in total. The molecule has 0 saturated heterocycles. The normalized spacial score (nSPS) is 11.2. The van der Waals surface area contributed by atoms with E-state index in [0.29, 0.717) is 0 Å². The maximum absolute atomic E-state index is 4.25. The summed E-state index contributed by atoms with van der Waals surface area (Å²) in [5, 5.41) is 0. The lowest BCUT2D eigenvalue weighted by molar-refractivity contribution is 0.586. The topological polar surface area (TPSA) is 12.9 Å². The van der Waals surface area contributed by atoms with E-state index < -0.39 is 0 Å². The Labute approximate surface area is 74.2 Å². The van der Waals surface area contributed by atoms with Crippen LogP contribution in [0.3, 0.4) is 0 Å². The van der Waals surface area contributed by atoms with Crippen molar-refractivity contribution in [2.45, 2.75) is 26.2 Å². The highest BCUT2D eigenvalue weighted by atomic mass is 14.7. The molecule has 0 fully saturated rings. The van der Waals surface area contributed by atoms with E-state index >= 15 is 0 Å². The fraction of sp³-hybridized carbons (Fsp3) is 0.364. The maximum Gasteiger partial charge on any atom is 0.0661 e. The number of aromatic nitrogens is 1. The van der Waals surface area contributed by atoms with E-state index in [1.165, 1.54) is 5.56 Å².